The number of nitrogens with zero attached hydrogens (tertiary/aromatic N) is 2. The van der Waals surface area contributed by atoms with Crippen molar-refractivity contribution in [3.8, 4) is 0 Å². The summed E-state index contributed by atoms with van der Waals surface area (Å²) in [5, 5.41) is 21.6. The topological polar surface area (TPSA) is 150 Å². The fraction of sp³-hybridized carbons (Fsp3) is 0.250. The van der Waals surface area contributed by atoms with Crippen molar-refractivity contribution < 1.29 is 9.85 Å². The van der Waals surface area contributed by atoms with E-state index >= 15 is 0 Å². The molecule has 18 heavy (non-hydrogen) atoms. The Bertz CT molecular complexity index is 372. The summed E-state index contributed by atoms with van der Waals surface area (Å²) in [4.78, 5) is 19.4. The van der Waals surface area contributed by atoms with E-state index in [1.54, 1.807) is 0 Å². The van der Waals surface area contributed by atoms with Crippen molar-refractivity contribution in [2.24, 2.45) is 11.6 Å². The molecule has 0 radical (unpaired) electrons. The predicted molar refractivity (Wildman–Crippen MR) is 67.6 cm³/mol. The number of hydrogen-bond donors (Lipinski definition) is 3. The van der Waals surface area contributed by atoms with Crippen molar-refractivity contribution in [3.63, 3.8) is 0 Å². The summed E-state index contributed by atoms with van der Waals surface area (Å²) in [6.07, 6.45) is 4.37. The molecular weight excluding hydrogens is 269 g/mol. The number of allylic oxidation sites excluding steroid dienone is 2. The van der Waals surface area contributed by atoms with Crippen LogP contribution in [0.2, 0.25) is 0 Å². The summed E-state index contributed by atoms with van der Waals surface area (Å²) in [5.41, 5.74) is 2.61. The first-order valence-electron chi connectivity index (χ1n) is 4.33. The Balaban J connectivity index is 0. The van der Waals surface area contributed by atoms with Crippen LogP contribution in [0.3, 0.4) is 0 Å². The van der Waals surface area contributed by atoms with E-state index < -0.39 is 21.2 Å². The van der Waals surface area contributed by atoms with Gasteiger partial charge in [-0.2, -0.15) is 0 Å². The van der Waals surface area contributed by atoms with Crippen molar-refractivity contribution in [2.45, 2.75) is 11.3 Å². The van der Waals surface area contributed by atoms with Crippen LogP contribution in [0.1, 0.15) is 0 Å². The molecule has 0 aliphatic heterocycles. The Morgan fingerprint density at radius 3 is 1.78 bits per heavy atom. The Morgan fingerprint density at radius 1 is 1.11 bits per heavy atom. The molecule has 0 fully saturated rings. The van der Waals surface area contributed by atoms with Crippen LogP contribution in [0.5, 0.6) is 0 Å². The van der Waals surface area contributed by atoms with Gasteiger partial charge in [-0.05, 0) is 6.08 Å². The summed E-state index contributed by atoms with van der Waals surface area (Å²) >= 11 is 0. The first-order chi connectivity index (χ1) is 7.90. The summed E-state index contributed by atoms with van der Waals surface area (Å²) in [6, 6.07) is 0. The number of rotatable bonds is 3. The third kappa shape index (κ3) is 3.10. The van der Waals surface area contributed by atoms with E-state index in [9.17, 15) is 20.2 Å². The summed E-state index contributed by atoms with van der Waals surface area (Å²) in [5.74, 6) is 5.02. The molecule has 96 valence electrons. The Kier molecular flexibility index (Phi) is 8.67. The van der Waals surface area contributed by atoms with Crippen LogP contribution in [0, 0.1) is 20.2 Å². The fourth-order valence-electron chi connectivity index (χ4n) is 1.30. The quantitative estimate of drug-likeness (QED) is 0.144. The molecule has 0 aromatic rings. The second-order valence-corrected chi connectivity index (χ2v) is 2.97. The monoisotopic (exact) mass is 283 g/mol. The molecule has 1 unspecified atom stereocenters. The second kappa shape index (κ2) is 7.86. The van der Waals surface area contributed by atoms with Gasteiger partial charge in [0, 0.05) is 0 Å². The maximum atomic E-state index is 10.8. The minimum atomic E-state index is -2.70. The van der Waals surface area contributed by atoms with E-state index in [1.807, 2.05) is 5.43 Å². The molecule has 10 heteroatoms. The van der Waals surface area contributed by atoms with Crippen molar-refractivity contribution in [2.75, 3.05) is 0 Å². The molecule has 0 spiro atoms. The molecule has 0 heterocycles. The molecule has 5 N–H and O–H groups in total. The molecule has 1 aliphatic carbocycles. The van der Waals surface area contributed by atoms with Gasteiger partial charge < -0.3 is 0 Å². The van der Waals surface area contributed by atoms with Gasteiger partial charge >= 0.3 is 57.0 Å². The van der Waals surface area contributed by atoms with Gasteiger partial charge in [0.05, 0.1) is 6.08 Å². The molecule has 0 saturated carbocycles. The van der Waals surface area contributed by atoms with Crippen LogP contribution in [0.4, 0.5) is 0 Å². The molecular formula is C8H14KN5O4. The van der Waals surface area contributed by atoms with Crippen molar-refractivity contribution in [1.29, 1.82) is 0 Å². The third-order valence-corrected chi connectivity index (χ3v) is 2.20. The first kappa shape index (κ1) is 19.9. The predicted octanol–water partition coefficient (Wildman–Crippen LogP) is -1.37. The van der Waals surface area contributed by atoms with Crippen LogP contribution < -0.4 is 17.0 Å². The zero-order valence-corrected chi connectivity index (χ0v) is 8.91. The van der Waals surface area contributed by atoms with E-state index in [0.29, 0.717) is 0 Å². The molecule has 9 nitrogen and oxygen atoms in total. The molecule has 0 aromatic carbocycles. The zero-order chi connectivity index (χ0) is 13.7. The molecule has 1 aliphatic rings. The van der Waals surface area contributed by atoms with Gasteiger partial charge in [0.25, 0.3) is 0 Å². The minimum absolute atomic E-state index is 0. The second-order valence-electron chi connectivity index (χ2n) is 2.97. The molecule has 1 atom stereocenters. The SMILES string of the molecule is C=C.NNC1(N)C=CC=CC1([N+](=O)[O-])[N+](=O)[O-].[KH]. The van der Waals surface area contributed by atoms with Gasteiger partial charge in [0.15, 0.2) is 0 Å². The summed E-state index contributed by atoms with van der Waals surface area (Å²) in [7, 11) is 0. The Morgan fingerprint density at radius 2 is 1.50 bits per heavy atom. The maximum absolute atomic E-state index is 10.8. The van der Waals surface area contributed by atoms with Crippen LogP contribution in [0.25, 0.3) is 0 Å². The number of nitro groups is 2. The molecule has 0 bridgehead atoms. The van der Waals surface area contributed by atoms with E-state index in [4.69, 9.17) is 11.6 Å². The Labute approximate surface area is 146 Å². The number of nitrogens with one attached hydrogen (secondary N) is 1. The standard InChI is InChI=1S/C6H9N5O4.C2H4.K.H/c7-5(9-8)3-1-2-4-6(5,10(12)13)11(14)15;1-2;;/h1-4,9H,7-8H2;1-2H2;;. The average Bonchev–Trinajstić information content (AvgIpc) is 2.31. The van der Waals surface area contributed by atoms with Gasteiger partial charge in [-0.3, -0.25) is 31.8 Å². The number of hydrazine groups is 1. The number of hydrogen-bond acceptors (Lipinski definition) is 7. The van der Waals surface area contributed by atoms with Gasteiger partial charge in [-0.15, -0.1) is 13.2 Å². The van der Waals surface area contributed by atoms with E-state index in [2.05, 4.69) is 13.2 Å². The van der Waals surface area contributed by atoms with Crippen molar-refractivity contribution in [3.05, 3.63) is 57.7 Å². The van der Waals surface area contributed by atoms with Gasteiger partial charge in [0.2, 0.25) is 5.66 Å². The van der Waals surface area contributed by atoms with E-state index in [0.717, 1.165) is 12.2 Å². The van der Waals surface area contributed by atoms with Gasteiger partial charge in [0.1, 0.15) is 9.85 Å². The zero-order valence-electron chi connectivity index (χ0n) is 8.91. The molecule has 1 rings (SSSR count). The van der Waals surface area contributed by atoms with Crippen molar-refractivity contribution >= 4 is 51.4 Å². The fourth-order valence-corrected chi connectivity index (χ4v) is 1.30. The molecule has 0 amide bonds. The van der Waals surface area contributed by atoms with Crippen LogP contribution in [0.15, 0.2) is 37.5 Å². The summed E-state index contributed by atoms with van der Waals surface area (Å²) < 4.78 is 0. The van der Waals surface area contributed by atoms with Gasteiger partial charge in [-0.1, -0.05) is 12.2 Å². The molecule has 0 saturated heterocycles. The third-order valence-electron chi connectivity index (χ3n) is 2.20. The average molecular weight is 283 g/mol. The normalized spacial score (nSPS) is 23.2. The van der Waals surface area contributed by atoms with Crippen LogP contribution >= 0.6 is 0 Å². The van der Waals surface area contributed by atoms with Crippen LogP contribution in [-0.4, -0.2) is 72.6 Å². The van der Waals surface area contributed by atoms with Gasteiger partial charge in [-0.25, -0.2) is 5.43 Å². The van der Waals surface area contributed by atoms with E-state index in [-0.39, 0.29) is 51.4 Å². The van der Waals surface area contributed by atoms with Crippen molar-refractivity contribution in [1.82, 2.24) is 5.43 Å². The Hall–Kier alpha value is -0.464. The number of nitrogens with two attached hydrogens (primary N) is 2. The van der Waals surface area contributed by atoms with E-state index in [1.165, 1.54) is 12.2 Å². The first-order valence-corrected chi connectivity index (χ1v) is 4.33. The molecule has 0 aromatic heterocycles. The van der Waals surface area contributed by atoms with Crippen LogP contribution in [-0.2, 0) is 0 Å². The summed E-state index contributed by atoms with van der Waals surface area (Å²) in [6.45, 7) is 6.00.